The third-order valence-corrected chi connectivity index (χ3v) is 3.01. The van der Waals surface area contributed by atoms with Gasteiger partial charge in [0.1, 0.15) is 6.61 Å². The Morgan fingerprint density at radius 1 is 1.47 bits per heavy atom. The lowest BCUT2D eigenvalue weighted by Crippen LogP contribution is -2.38. The molecule has 1 aliphatic rings. The van der Waals surface area contributed by atoms with Crippen LogP contribution in [0.3, 0.4) is 0 Å². The SMILES string of the molecule is CCCNC(CCOCC(F)F)C1CCOC1. The van der Waals surface area contributed by atoms with Gasteiger partial charge in [-0.15, -0.1) is 0 Å². The highest BCUT2D eigenvalue weighted by Gasteiger charge is 2.24. The Morgan fingerprint density at radius 2 is 2.29 bits per heavy atom. The summed E-state index contributed by atoms with van der Waals surface area (Å²) >= 11 is 0. The summed E-state index contributed by atoms with van der Waals surface area (Å²) < 4.78 is 34.1. The van der Waals surface area contributed by atoms with Crippen LogP contribution in [0.5, 0.6) is 0 Å². The Balaban J connectivity index is 2.20. The quantitative estimate of drug-likeness (QED) is 0.636. The monoisotopic (exact) mass is 251 g/mol. The molecule has 2 unspecified atom stereocenters. The van der Waals surface area contributed by atoms with Gasteiger partial charge in [-0.2, -0.15) is 0 Å². The van der Waals surface area contributed by atoms with E-state index in [4.69, 9.17) is 9.47 Å². The first-order valence-corrected chi connectivity index (χ1v) is 6.41. The predicted octanol–water partition coefficient (Wildman–Crippen LogP) is 2.06. The topological polar surface area (TPSA) is 30.5 Å². The molecular weight excluding hydrogens is 228 g/mol. The van der Waals surface area contributed by atoms with Gasteiger partial charge in [0.25, 0.3) is 6.43 Å². The van der Waals surface area contributed by atoms with Gasteiger partial charge in [0.2, 0.25) is 0 Å². The molecule has 0 amide bonds. The van der Waals surface area contributed by atoms with Crippen LogP contribution in [0.1, 0.15) is 26.2 Å². The maximum absolute atomic E-state index is 11.9. The van der Waals surface area contributed by atoms with Crippen molar-refractivity contribution in [3.05, 3.63) is 0 Å². The van der Waals surface area contributed by atoms with Crippen LogP contribution in [0.2, 0.25) is 0 Å². The van der Waals surface area contributed by atoms with Crippen LogP contribution in [-0.4, -0.2) is 45.4 Å². The number of hydrogen-bond donors (Lipinski definition) is 1. The number of nitrogens with one attached hydrogen (secondary N) is 1. The number of hydrogen-bond acceptors (Lipinski definition) is 3. The average molecular weight is 251 g/mol. The van der Waals surface area contributed by atoms with Gasteiger partial charge in [-0.25, -0.2) is 8.78 Å². The van der Waals surface area contributed by atoms with E-state index in [1.165, 1.54) is 0 Å². The molecular formula is C12H23F2NO2. The second-order valence-electron chi connectivity index (χ2n) is 4.44. The van der Waals surface area contributed by atoms with Crippen LogP contribution in [-0.2, 0) is 9.47 Å². The van der Waals surface area contributed by atoms with E-state index >= 15 is 0 Å². The van der Waals surface area contributed by atoms with Crippen LogP contribution in [0, 0.1) is 5.92 Å². The zero-order chi connectivity index (χ0) is 12.5. The summed E-state index contributed by atoms with van der Waals surface area (Å²) in [6, 6.07) is 0.329. The van der Waals surface area contributed by atoms with Crippen molar-refractivity contribution in [2.24, 2.45) is 5.92 Å². The van der Waals surface area contributed by atoms with Gasteiger partial charge in [0, 0.05) is 19.3 Å². The van der Waals surface area contributed by atoms with Crippen molar-refractivity contribution in [2.75, 3.05) is 33.0 Å². The summed E-state index contributed by atoms with van der Waals surface area (Å²) in [5.41, 5.74) is 0. The number of halogens is 2. The summed E-state index contributed by atoms with van der Waals surface area (Å²) in [6.07, 6.45) is 0.533. The third-order valence-electron chi connectivity index (χ3n) is 3.01. The lowest BCUT2D eigenvalue weighted by Gasteiger charge is -2.23. The largest absolute Gasteiger partial charge is 0.381 e. The van der Waals surface area contributed by atoms with Gasteiger partial charge in [-0.3, -0.25) is 0 Å². The van der Waals surface area contributed by atoms with Crippen LogP contribution in [0.15, 0.2) is 0 Å². The first-order chi connectivity index (χ1) is 8.24. The van der Waals surface area contributed by atoms with E-state index in [9.17, 15) is 8.78 Å². The van der Waals surface area contributed by atoms with Gasteiger partial charge in [-0.05, 0) is 31.7 Å². The van der Waals surface area contributed by atoms with Crippen molar-refractivity contribution in [1.29, 1.82) is 0 Å². The van der Waals surface area contributed by atoms with Crippen LogP contribution in [0.4, 0.5) is 8.78 Å². The lowest BCUT2D eigenvalue weighted by atomic mass is 9.96. The number of ether oxygens (including phenoxy) is 2. The number of rotatable bonds is 9. The van der Waals surface area contributed by atoms with Crippen molar-refractivity contribution in [3.63, 3.8) is 0 Å². The molecule has 102 valence electrons. The second-order valence-corrected chi connectivity index (χ2v) is 4.44. The van der Waals surface area contributed by atoms with E-state index in [0.29, 0.717) is 18.6 Å². The van der Waals surface area contributed by atoms with E-state index in [2.05, 4.69) is 12.2 Å². The minimum absolute atomic E-state index is 0.329. The number of alkyl halides is 2. The van der Waals surface area contributed by atoms with Crippen molar-refractivity contribution in [1.82, 2.24) is 5.32 Å². The Bertz CT molecular complexity index is 187. The molecule has 1 fully saturated rings. The molecule has 1 rings (SSSR count). The molecule has 0 saturated carbocycles. The molecule has 1 heterocycles. The molecule has 0 spiro atoms. The zero-order valence-corrected chi connectivity index (χ0v) is 10.5. The first kappa shape index (κ1) is 14.8. The van der Waals surface area contributed by atoms with Crippen molar-refractivity contribution < 1.29 is 18.3 Å². The normalized spacial score (nSPS) is 22.2. The molecule has 0 aromatic heterocycles. The fourth-order valence-corrected chi connectivity index (χ4v) is 2.09. The molecule has 0 radical (unpaired) electrons. The highest BCUT2D eigenvalue weighted by atomic mass is 19.3. The zero-order valence-electron chi connectivity index (χ0n) is 10.5. The Kier molecular flexibility index (Phi) is 7.64. The Morgan fingerprint density at radius 3 is 2.88 bits per heavy atom. The van der Waals surface area contributed by atoms with Crippen LogP contribution < -0.4 is 5.32 Å². The van der Waals surface area contributed by atoms with Crippen LogP contribution >= 0.6 is 0 Å². The smallest absolute Gasteiger partial charge is 0.261 e. The highest BCUT2D eigenvalue weighted by molar-refractivity contribution is 4.79. The maximum Gasteiger partial charge on any atom is 0.261 e. The fourth-order valence-electron chi connectivity index (χ4n) is 2.09. The molecule has 1 aliphatic heterocycles. The van der Waals surface area contributed by atoms with Crippen molar-refractivity contribution in [2.45, 2.75) is 38.7 Å². The van der Waals surface area contributed by atoms with E-state index < -0.39 is 13.0 Å². The summed E-state index contributed by atoms with van der Waals surface area (Å²) in [6.45, 7) is 4.59. The van der Waals surface area contributed by atoms with Crippen LogP contribution in [0.25, 0.3) is 0 Å². The van der Waals surface area contributed by atoms with Gasteiger partial charge in [-0.1, -0.05) is 6.92 Å². The summed E-state index contributed by atoms with van der Waals surface area (Å²) in [5.74, 6) is 0.497. The van der Waals surface area contributed by atoms with Crippen molar-refractivity contribution in [3.8, 4) is 0 Å². The molecule has 0 aromatic carbocycles. The first-order valence-electron chi connectivity index (χ1n) is 6.41. The minimum Gasteiger partial charge on any atom is -0.381 e. The highest BCUT2D eigenvalue weighted by Crippen LogP contribution is 2.19. The van der Waals surface area contributed by atoms with Gasteiger partial charge in [0.05, 0.1) is 6.61 Å². The molecule has 0 bridgehead atoms. The lowest BCUT2D eigenvalue weighted by molar-refractivity contribution is 0.0125. The van der Waals surface area contributed by atoms with E-state index in [1.54, 1.807) is 0 Å². The summed E-state index contributed by atoms with van der Waals surface area (Å²) in [4.78, 5) is 0. The predicted molar refractivity (Wildman–Crippen MR) is 62.4 cm³/mol. The third kappa shape index (κ3) is 6.29. The minimum atomic E-state index is -2.37. The standard InChI is InChI=1S/C12H23F2NO2/c1-2-5-15-11(10-3-6-16-8-10)4-7-17-9-12(13)14/h10-12,15H,2-9H2,1H3. The molecule has 5 heteroatoms. The van der Waals surface area contributed by atoms with E-state index in [1.807, 2.05) is 0 Å². The maximum atomic E-state index is 11.9. The molecule has 3 nitrogen and oxygen atoms in total. The molecule has 17 heavy (non-hydrogen) atoms. The van der Waals surface area contributed by atoms with Crippen molar-refractivity contribution >= 4 is 0 Å². The summed E-state index contributed by atoms with van der Waals surface area (Å²) in [7, 11) is 0. The molecule has 1 saturated heterocycles. The Hall–Kier alpha value is -0.260. The molecule has 0 aromatic rings. The van der Waals surface area contributed by atoms with Gasteiger partial charge in [0.15, 0.2) is 0 Å². The molecule has 2 atom stereocenters. The van der Waals surface area contributed by atoms with Gasteiger partial charge < -0.3 is 14.8 Å². The average Bonchev–Trinajstić information content (AvgIpc) is 2.81. The van der Waals surface area contributed by atoms with E-state index in [-0.39, 0.29) is 0 Å². The van der Waals surface area contributed by atoms with Gasteiger partial charge >= 0.3 is 0 Å². The molecule has 1 N–H and O–H groups in total. The van der Waals surface area contributed by atoms with E-state index in [0.717, 1.165) is 39.0 Å². The molecule has 0 aliphatic carbocycles. The second kappa shape index (κ2) is 8.78. The fraction of sp³-hybridized carbons (Fsp3) is 1.00. The summed E-state index contributed by atoms with van der Waals surface area (Å²) in [5, 5.41) is 3.45. The Labute approximate surface area is 102 Å².